The van der Waals surface area contributed by atoms with Crippen molar-refractivity contribution in [2.24, 2.45) is 17.6 Å². The molecule has 3 radical (unpaired) electrons. The summed E-state index contributed by atoms with van der Waals surface area (Å²) in [6, 6.07) is 1.96. The molecule has 0 aromatic carbocycles. The van der Waals surface area contributed by atoms with Crippen LogP contribution in [0.2, 0.25) is 0 Å². The Bertz CT molecular complexity index is 446. The van der Waals surface area contributed by atoms with E-state index in [0.29, 0.717) is 19.0 Å². The fraction of sp³-hybridized carbons (Fsp3) is 0.692. The van der Waals surface area contributed by atoms with Gasteiger partial charge >= 0.3 is 130 Å². The van der Waals surface area contributed by atoms with Crippen LogP contribution in [0.4, 0.5) is 5.82 Å². The predicted octanol–water partition coefficient (Wildman–Crippen LogP) is 0.400. The fourth-order valence-electron chi connectivity index (χ4n) is 2.71. The Morgan fingerprint density at radius 1 is 1.63 bits per heavy atom. The normalized spacial score (nSPS) is 23.3. The molecule has 0 spiro atoms. The van der Waals surface area contributed by atoms with Crippen LogP contribution < -0.4 is 14.3 Å². The first-order chi connectivity index (χ1) is 9.10. The fourth-order valence-corrected chi connectivity index (χ4v) is 3.71. The van der Waals surface area contributed by atoms with E-state index in [1.54, 1.807) is 0 Å². The predicted molar refractivity (Wildman–Crippen MR) is 76.4 cm³/mol. The topological polar surface area (TPSA) is 72.9 Å². The van der Waals surface area contributed by atoms with Gasteiger partial charge in [-0.2, -0.15) is 0 Å². The Kier molecular flexibility index (Phi) is 5.38. The summed E-state index contributed by atoms with van der Waals surface area (Å²) in [5.41, 5.74) is 5.57. The van der Waals surface area contributed by atoms with Gasteiger partial charge in [-0.3, -0.25) is 0 Å². The minimum atomic E-state index is 0.145. The van der Waals surface area contributed by atoms with Gasteiger partial charge in [0, 0.05) is 0 Å². The van der Waals surface area contributed by atoms with Gasteiger partial charge in [-0.15, -0.1) is 0 Å². The summed E-state index contributed by atoms with van der Waals surface area (Å²) in [5.74, 6) is 1.76. The number of anilines is 1. The molecule has 0 aliphatic heterocycles. The zero-order valence-corrected chi connectivity index (χ0v) is 15.2. The number of nitrogens with zero attached hydrogens (tertiary/aromatic N) is 2. The maximum atomic E-state index is 12.3. The Hall–Kier alpha value is -0.438. The standard InChI is InChI=1S/C13H21N4O.Pb/c1-10-3-2-4-11(9-10)13(18)16-12-5-7-15-17(12)8-6-14;/h5,10-11H,2-4,6,8-9,14H2,1H3,(H,16,18);. The van der Waals surface area contributed by atoms with E-state index in [9.17, 15) is 4.79 Å². The van der Waals surface area contributed by atoms with Crippen molar-refractivity contribution >= 4 is 40.7 Å². The van der Waals surface area contributed by atoms with Crippen LogP contribution in [0.25, 0.3) is 0 Å². The number of carbonyl (C=O) groups excluding carboxylic acids is 1. The van der Waals surface area contributed by atoms with Crippen molar-refractivity contribution in [1.82, 2.24) is 9.78 Å². The molecule has 1 aromatic heterocycles. The molecule has 2 rings (SSSR count). The maximum absolute atomic E-state index is 12.3. The van der Waals surface area contributed by atoms with Crippen molar-refractivity contribution in [2.75, 3.05) is 11.9 Å². The summed E-state index contributed by atoms with van der Waals surface area (Å²) in [5, 5.41) is 7.43. The second-order valence-electron chi connectivity index (χ2n) is 5.38. The average molecular weight is 457 g/mol. The first kappa shape index (κ1) is 15.0. The van der Waals surface area contributed by atoms with Crippen LogP contribution >= 0.6 is 0 Å². The molecule has 1 fully saturated rings. The summed E-state index contributed by atoms with van der Waals surface area (Å²) < 4.78 is 2.85. The summed E-state index contributed by atoms with van der Waals surface area (Å²) in [7, 11) is 0. The van der Waals surface area contributed by atoms with Gasteiger partial charge in [0.05, 0.1) is 0 Å². The third-order valence-electron chi connectivity index (χ3n) is 3.68. The molecule has 1 aliphatic rings. The summed E-state index contributed by atoms with van der Waals surface area (Å²) in [6.45, 7) is 3.42. The van der Waals surface area contributed by atoms with Crippen molar-refractivity contribution < 1.29 is 4.79 Å². The van der Waals surface area contributed by atoms with Crippen molar-refractivity contribution in [3.63, 3.8) is 0 Å². The number of hydrogen-bond acceptors (Lipinski definition) is 3. The summed E-state index contributed by atoms with van der Waals surface area (Å²) >= 11 is 0.883. The first-order valence-electron chi connectivity index (χ1n) is 6.90. The van der Waals surface area contributed by atoms with Crippen LogP contribution in [0.3, 0.4) is 0 Å². The quantitative estimate of drug-likeness (QED) is 0.645. The molecule has 5 nitrogen and oxygen atoms in total. The van der Waals surface area contributed by atoms with E-state index in [0.717, 1.165) is 54.1 Å². The molecular weight excluding hydrogens is 435 g/mol. The molecule has 2 atom stereocenters. The molecule has 0 bridgehead atoms. The number of carbonyl (C=O) groups is 1. The second kappa shape index (κ2) is 6.83. The van der Waals surface area contributed by atoms with Crippen LogP contribution in [0.1, 0.15) is 32.6 Å². The molecular formula is C13H21N4OPb. The van der Waals surface area contributed by atoms with E-state index >= 15 is 0 Å². The zero-order valence-electron chi connectivity index (χ0n) is 11.4. The van der Waals surface area contributed by atoms with Gasteiger partial charge in [-0.1, -0.05) is 0 Å². The van der Waals surface area contributed by atoms with Gasteiger partial charge in [-0.05, 0) is 0 Å². The van der Waals surface area contributed by atoms with Crippen LogP contribution in [0.5, 0.6) is 0 Å². The Morgan fingerprint density at radius 3 is 3.11 bits per heavy atom. The monoisotopic (exact) mass is 457 g/mol. The van der Waals surface area contributed by atoms with Crippen LogP contribution in [-0.2, 0) is 11.3 Å². The molecule has 1 saturated carbocycles. The Morgan fingerprint density at radius 2 is 2.42 bits per heavy atom. The number of rotatable bonds is 4. The third-order valence-corrected chi connectivity index (χ3v) is 4.63. The van der Waals surface area contributed by atoms with Gasteiger partial charge in [0.2, 0.25) is 0 Å². The van der Waals surface area contributed by atoms with E-state index in [1.165, 1.54) is 6.42 Å². The van der Waals surface area contributed by atoms with Gasteiger partial charge in [0.1, 0.15) is 0 Å². The first-order valence-corrected chi connectivity index (χ1v) is 8.85. The Balaban J connectivity index is 2.01. The van der Waals surface area contributed by atoms with E-state index < -0.39 is 0 Å². The van der Waals surface area contributed by atoms with E-state index in [2.05, 4.69) is 17.3 Å². The van der Waals surface area contributed by atoms with Gasteiger partial charge in [0.15, 0.2) is 0 Å². The van der Waals surface area contributed by atoms with Crippen molar-refractivity contribution in [1.29, 1.82) is 0 Å². The molecule has 1 heterocycles. The molecule has 1 amide bonds. The second-order valence-corrected chi connectivity index (χ2v) is 7.38. The molecule has 6 heteroatoms. The van der Waals surface area contributed by atoms with Crippen LogP contribution in [-0.4, -0.2) is 48.0 Å². The molecule has 2 unspecified atom stereocenters. The molecule has 3 N–H and O–H groups in total. The van der Waals surface area contributed by atoms with Crippen LogP contribution in [0.15, 0.2) is 6.07 Å². The molecule has 0 saturated heterocycles. The zero-order chi connectivity index (χ0) is 13.8. The van der Waals surface area contributed by atoms with Crippen molar-refractivity contribution in [3.8, 4) is 0 Å². The number of aromatic nitrogens is 2. The molecule has 103 valence electrons. The molecule has 1 aliphatic carbocycles. The van der Waals surface area contributed by atoms with Gasteiger partial charge in [0.25, 0.3) is 0 Å². The number of amides is 1. The van der Waals surface area contributed by atoms with Crippen molar-refractivity contribution in [3.05, 3.63) is 6.07 Å². The number of nitrogens with one attached hydrogen (secondary N) is 1. The number of hydrogen-bond donors (Lipinski definition) is 2. The van der Waals surface area contributed by atoms with Crippen LogP contribution in [0, 0.1) is 11.8 Å². The Labute approximate surface area is 130 Å². The SMILES string of the molecule is CC1CCCC(C(=O)Nc2c[c]([Pb])nn2CCN)C1. The van der Waals surface area contributed by atoms with E-state index in [-0.39, 0.29) is 11.8 Å². The summed E-state index contributed by atoms with van der Waals surface area (Å²) in [4.78, 5) is 12.3. The minimum absolute atomic E-state index is 0.145. The van der Waals surface area contributed by atoms with Gasteiger partial charge in [-0.25, -0.2) is 0 Å². The molecule has 1 aromatic rings. The van der Waals surface area contributed by atoms with Crippen molar-refractivity contribution in [2.45, 2.75) is 39.2 Å². The average Bonchev–Trinajstić information content (AvgIpc) is 2.70. The molecule has 19 heavy (non-hydrogen) atoms. The third kappa shape index (κ3) is 4.01. The number of nitrogens with two attached hydrogens (primary N) is 1. The van der Waals surface area contributed by atoms with E-state index in [4.69, 9.17) is 5.73 Å². The summed E-state index contributed by atoms with van der Waals surface area (Å²) in [6.07, 6.45) is 4.42. The van der Waals surface area contributed by atoms with E-state index in [1.807, 2.05) is 10.7 Å². The van der Waals surface area contributed by atoms with Gasteiger partial charge < -0.3 is 0 Å².